The highest BCUT2D eigenvalue weighted by molar-refractivity contribution is 6.13. The first-order valence-electron chi connectivity index (χ1n) is 9.65. The quantitative estimate of drug-likeness (QED) is 0.735. The number of allylic oxidation sites excluding steroid dienone is 1. The SMILES string of the molecule is COc1ccccc1C(=O)N[C@]1(C(F)(F)F)C(=O)N(Cc2ccccc2)C(C)=C1C(C)=O. The summed E-state index contributed by atoms with van der Waals surface area (Å²) in [6.45, 7) is 2.01. The van der Waals surface area contributed by atoms with Crippen LogP contribution < -0.4 is 10.1 Å². The Balaban J connectivity index is 2.13. The number of Topliss-reactive ketones (excluding diaryl/α,β-unsaturated/α-hetero) is 1. The van der Waals surface area contributed by atoms with Crippen LogP contribution in [0.2, 0.25) is 0 Å². The summed E-state index contributed by atoms with van der Waals surface area (Å²) in [5, 5.41) is 1.84. The molecular weight excluding hydrogens is 425 g/mol. The van der Waals surface area contributed by atoms with Crippen molar-refractivity contribution in [2.75, 3.05) is 7.11 Å². The van der Waals surface area contributed by atoms with Crippen molar-refractivity contribution in [3.05, 3.63) is 77.0 Å². The molecule has 0 aliphatic carbocycles. The van der Waals surface area contributed by atoms with Crippen molar-refractivity contribution in [3.63, 3.8) is 0 Å². The minimum atomic E-state index is -5.28. The average molecular weight is 446 g/mol. The van der Waals surface area contributed by atoms with Gasteiger partial charge in [0.25, 0.3) is 11.8 Å². The van der Waals surface area contributed by atoms with Gasteiger partial charge in [-0.1, -0.05) is 42.5 Å². The molecule has 1 aliphatic heterocycles. The smallest absolute Gasteiger partial charge is 0.425 e. The Labute approximate surface area is 182 Å². The van der Waals surface area contributed by atoms with Crippen LogP contribution >= 0.6 is 0 Å². The zero-order chi connectivity index (χ0) is 23.7. The fraction of sp³-hybridized carbons (Fsp3) is 0.261. The predicted molar refractivity (Wildman–Crippen MR) is 110 cm³/mol. The van der Waals surface area contributed by atoms with Crippen LogP contribution in [0.4, 0.5) is 13.2 Å². The second kappa shape index (κ2) is 8.49. The first-order valence-corrected chi connectivity index (χ1v) is 9.65. The van der Waals surface area contributed by atoms with Gasteiger partial charge in [-0.2, -0.15) is 13.2 Å². The number of amides is 2. The summed E-state index contributed by atoms with van der Waals surface area (Å²) in [6, 6.07) is 14.0. The number of rotatable bonds is 6. The number of nitrogens with one attached hydrogen (secondary N) is 1. The third-order valence-corrected chi connectivity index (χ3v) is 5.32. The van der Waals surface area contributed by atoms with Gasteiger partial charge in [0.15, 0.2) is 5.78 Å². The van der Waals surface area contributed by atoms with E-state index in [9.17, 15) is 27.6 Å². The summed E-state index contributed by atoms with van der Waals surface area (Å²) in [4.78, 5) is 39.5. The lowest BCUT2D eigenvalue weighted by atomic mass is 9.86. The van der Waals surface area contributed by atoms with Gasteiger partial charge in [0.1, 0.15) is 5.75 Å². The lowest BCUT2D eigenvalue weighted by molar-refractivity contribution is -0.190. The number of carbonyl (C=O) groups is 3. The van der Waals surface area contributed by atoms with Gasteiger partial charge in [-0.25, -0.2) is 0 Å². The van der Waals surface area contributed by atoms with Gasteiger partial charge < -0.3 is 15.0 Å². The van der Waals surface area contributed by atoms with E-state index in [1.807, 2.05) is 5.32 Å². The molecule has 2 aromatic carbocycles. The molecule has 0 aromatic heterocycles. The molecular formula is C23H21F3N2O4. The lowest BCUT2D eigenvalue weighted by Gasteiger charge is -2.33. The molecule has 1 heterocycles. The summed E-state index contributed by atoms with van der Waals surface area (Å²) in [5.41, 5.74) is -4.13. The van der Waals surface area contributed by atoms with Crippen LogP contribution in [0.1, 0.15) is 29.8 Å². The van der Waals surface area contributed by atoms with E-state index in [1.165, 1.54) is 32.2 Å². The van der Waals surface area contributed by atoms with Crippen LogP contribution in [0.15, 0.2) is 65.9 Å². The summed E-state index contributed by atoms with van der Waals surface area (Å²) in [7, 11) is 1.26. The number of carbonyl (C=O) groups excluding carboxylic acids is 3. The van der Waals surface area contributed by atoms with E-state index in [2.05, 4.69) is 0 Å². The molecule has 0 saturated heterocycles. The Bertz CT molecular complexity index is 1100. The van der Waals surface area contributed by atoms with Crippen molar-refractivity contribution in [1.82, 2.24) is 10.2 Å². The topological polar surface area (TPSA) is 75.7 Å². The van der Waals surface area contributed by atoms with Crippen molar-refractivity contribution in [2.45, 2.75) is 32.1 Å². The van der Waals surface area contributed by atoms with Crippen molar-refractivity contribution in [1.29, 1.82) is 0 Å². The maximum absolute atomic E-state index is 14.5. The highest BCUT2D eigenvalue weighted by Gasteiger charge is 2.69. The van der Waals surface area contributed by atoms with E-state index in [1.54, 1.807) is 36.4 Å². The van der Waals surface area contributed by atoms with E-state index in [0.717, 1.165) is 11.8 Å². The molecule has 0 fully saturated rings. The standard InChI is InChI=1S/C23H21F3N2O4/c1-14-19(15(2)29)22(23(24,25)26,21(31)28(14)13-16-9-5-4-6-10-16)27-20(30)17-11-7-8-12-18(17)32-3/h4-12H,13H2,1-3H3,(H,27,30)/t22-/m0/s1. The van der Waals surface area contributed by atoms with Crippen molar-refractivity contribution < 1.29 is 32.3 Å². The molecule has 2 aromatic rings. The number of alkyl halides is 3. The molecule has 0 spiro atoms. The van der Waals surface area contributed by atoms with Crippen LogP contribution in [0.3, 0.4) is 0 Å². The van der Waals surface area contributed by atoms with E-state index >= 15 is 0 Å². The summed E-state index contributed by atoms with van der Waals surface area (Å²) in [6.07, 6.45) is -5.28. The summed E-state index contributed by atoms with van der Waals surface area (Å²) in [5.74, 6) is -3.58. The van der Waals surface area contributed by atoms with E-state index in [-0.39, 0.29) is 23.6 Å². The van der Waals surface area contributed by atoms with Gasteiger partial charge in [-0.15, -0.1) is 0 Å². The van der Waals surface area contributed by atoms with Crippen molar-refractivity contribution >= 4 is 17.6 Å². The van der Waals surface area contributed by atoms with Crippen LogP contribution in [0.5, 0.6) is 5.75 Å². The summed E-state index contributed by atoms with van der Waals surface area (Å²) >= 11 is 0. The number of benzene rings is 2. The number of hydrogen-bond acceptors (Lipinski definition) is 4. The molecule has 32 heavy (non-hydrogen) atoms. The molecule has 1 N–H and O–H groups in total. The van der Waals surface area contributed by atoms with Gasteiger partial charge in [-0.3, -0.25) is 14.4 Å². The number of ketones is 1. The number of ether oxygens (including phenoxy) is 1. The molecule has 9 heteroatoms. The Hall–Kier alpha value is -3.62. The maximum Gasteiger partial charge on any atom is 0.425 e. The molecule has 3 rings (SSSR count). The Morgan fingerprint density at radius 3 is 2.22 bits per heavy atom. The predicted octanol–water partition coefficient (Wildman–Crippen LogP) is 3.63. The minimum Gasteiger partial charge on any atom is -0.496 e. The van der Waals surface area contributed by atoms with Gasteiger partial charge >= 0.3 is 6.18 Å². The third-order valence-electron chi connectivity index (χ3n) is 5.32. The Kier molecular flexibility index (Phi) is 6.11. The van der Waals surface area contributed by atoms with Gasteiger partial charge in [0, 0.05) is 5.70 Å². The zero-order valence-electron chi connectivity index (χ0n) is 17.6. The van der Waals surface area contributed by atoms with Crippen LogP contribution in [-0.4, -0.2) is 41.3 Å². The summed E-state index contributed by atoms with van der Waals surface area (Å²) < 4.78 is 48.7. The van der Waals surface area contributed by atoms with E-state index in [0.29, 0.717) is 5.56 Å². The fourth-order valence-corrected chi connectivity index (χ4v) is 3.86. The molecule has 168 valence electrons. The number of para-hydroxylation sites is 1. The molecule has 0 bridgehead atoms. The highest BCUT2D eigenvalue weighted by Crippen LogP contribution is 2.45. The zero-order valence-corrected chi connectivity index (χ0v) is 17.6. The Morgan fingerprint density at radius 1 is 1.06 bits per heavy atom. The molecule has 2 amide bonds. The Morgan fingerprint density at radius 2 is 1.66 bits per heavy atom. The fourth-order valence-electron chi connectivity index (χ4n) is 3.86. The molecule has 1 aliphatic rings. The van der Waals surface area contributed by atoms with Gasteiger partial charge in [0.05, 0.1) is 24.8 Å². The largest absolute Gasteiger partial charge is 0.496 e. The average Bonchev–Trinajstić information content (AvgIpc) is 2.96. The van der Waals surface area contributed by atoms with Crippen molar-refractivity contribution in [3.8, 4) is 5.75 Å². The molecule has 0 saturated carbocycles. The molecule has 0 radical (unpaired) electrons. The monoisotopic (exact) mass is 446 g/mol. The van der Waals surface area contributed by atoms with Gasteiger partial charge in [0.2, 0.25) is 5.54 Å². The third kappa shape index (κ3) is 3.74. The number of hydrogen-bond donors (Lipinski definition) is 1. The first kappa shape index (κ1) is 23.1. The minimum absolute atomic E-state index is 0.0268. The lowest BCUT2D eigenvalue weighted by Crippen LogP contribution is -2.66. The van der Waals surface area contributed by atoms with Crippen LogP contribution in [0.25, 0.3) is 0 Å². The number of methoxy groups -OCH3 is 1. The molecule has 1 atom stereocenters. The van der Waals surface area contributed by atoms with Crippen LogP contribution in [-0.2, 0) is 16.1 Å². The van der Waals surface area contributed by atoms with Crippen LogP contribution in [0, 0.1) is 0 Å². The molecule has 0 unspecified atom stereocenters. The van der Waals surface area contributed by atoms with Gasteiger partial charge in [-0.05, 0) is 31.5 Å². The number of halogens is 3. The highest BCUT2D eigenvalue weighted by atomic mass is 19.4. The van der Waals surface area contributed by atoms with E-state index in [4.69, 9.17) is 4.74 Å². The van der Waals surface area contributed by atoms with E-state index < -0.39 is 34.9 Å². The molecule has 6 nitrogen and oxygen atoms in total. The maximum atomic E-state index is 14.5. The number of nitrogens with zero attached hydrogens (tertiary/aromatic N) is 1. The normalized spacial score (nSPS) is 18.7. The second-order valence-corrected chi connectivity index (χ2v) is 7.30. The van der Waals surface area contributed by atoms with Crippen molar-refractivity contribution in [2.24, 2.45) is 0 Å². The second-order valence-electron chi connectivity index (χ2n) is 7.30. The first-order chi connectivity index (χ1) is 15.0.